The van der Waals surface area contributed by atoms with Crippen LogP contribution >= 0.6 is 23.7 Å². The van der Waals surface area contributed by atoms with E-state index in [-0.39, 0.29) is 18.3 Å². The molecule has 7 nitrogen and oxygen atoms in total. The number of carbonyl (C=O) groups is 1. The van der Waals surface area contributed by atoms with E-state index in [1.165, 1.54) is 11.3 Å². The van der Waals surface area contributed by atoms with Crippen LogP contribution in [0.5, 0.6) is 5.75 Å². The standard InChI is InChI=1S/C20H27N5O2S.ClH/c1-6-27-15-8-9-16-17(12-15)28-20(22-16)25(11-7-10-23(3)4)19(26)18-14(2)13-21-24(18)5;/h8-9,12-13H,6-7,10-11H2,1-5H3;1H. The fourth-order valence-corrected chi connectivity index (χ4v) is 4.09. The number of fused-ring (bicyclic) bond motifs is 1. The molecule has 2 aromatic heterocycles. The molecule has 0 aliphatic rings. The second-order valence-corrected chi connectivity index (χ2v) is 7.98. The van der Waals surface area contributed by atoms with Crippen molar-refractivity contribution in [3.05, 3.63) is 35.7 Å². The van der Waals surface area contributed by atoms with Gasteiger partial charge in [0.15, 0.2) is 5.13 Å². The van der Waals surface area contributed by atoms with Gasteiger partial charge in [0, 0.05) is 13.6 Å². The Morgan fingerprint density at radius 1 is 1.28 bits per heavy atom. The van der Waals surface area contributed by atoms with Gasteiger partial charge in [0.25, 0.3) is 5.91 Å². The van der Waals surface area contributed by atoms with Gasteiger partial charge in [-0.3, -0.25) is 14.4 Å². The van der Waals surface area contributed by atoms with Crippen LogP contribution in [0.15, 0.2) is 24.4 Å². The largest absolute Gasteiger partial charge is 0.494 e. The van der Waals surface area contributed by atoms with E-state index in [1.807, 2.05) is 46.1 Å². The number of hydrogen-bond acceptors (Lipinski definition) is 6. The van der Waals surface area contributed by atoms with Gasteiger partial charge in [-0.15, -0.1) is 12.4 Å². The topological polar surface area (TPSA) is 63.5 Å². The molecular formula is C20H28ClN5O2S. The molecule has 158 valence electrons. The maximum Gasteiger partial charge on any atom is 0.278 e. The van der Waals surface area contributed by atoms with Gasteiger partial charge in [-0.1, -0.05) is 11.3 Å². The molecule has 0 saturated carbocycles. The predicted octanol–water partition coefficient (Wildman–Crippen LogP) is 3.76. The Bertz CT molecular complexity index is 950. The summed E-state index contributed by atoms with van der Waals surface area (Å²) in [6.07, 6.45) is 2.58. The Balaban J connectivity index is 0.00000300. The zero-order valence-electron chi connectivity index (χ0n) is 17.5. The number of halogens is 1. The molecule has 1 aromatic carbocycles. The summed E-state index contributed by atoms with van der Waals surface area (Å²) in [5.74, 6) is 0.749. The van der Waals surface area contributed by atoms with E-state index in [4.69, 9.17) is 9.72 Å². The number of carbonyl (C=O) groups excluding carboxylic acids is 1. The van der Waals surface area contributed by atoms with Crippen molar-refractivity contribution >= 4 is 45.0 Å². The maximum atomic E-state index is 13.4. The summed E-state index contributed by atoms with van der Waals surface area (Å²) < 4.78 is 8.24. The minimum atomic E-state index is -0.0691. The molecule has 0 unspecified atom stereocenters. The van der Waals surface area contributed by atoms with Crippen LogP contribution in [-0.4, -0.2) is 59.4 Å². The Hall–Kier alpha value is -2.16. The number of rotatable bonds is 8. The van der Waals surface area contributed by atoms with E-state index in [9.17, 15) is 4.79 Å². The molecule has 3 aromatic rings. The maximum absolute atomic E-state index is 13.4. The first-order valence-corrected chi connectivity index (χ1v) is 10.2. The summed E-state index contributed by atoms with van der Waals surface area (Å²) in [5.41, 5.74) is 2.33. The third-order valence-corrected chi connectivity index (χ3v) is 5.49. The average molecular weight is 438 g/mol. The number of thiazole rings is 1. The van der Waals surface area contributed by atoms with Crippen LogP contribution in [0.4, 0.5) is 5.13 Å². The molecule has 9 heteroatoms. The number of aromatic nitrogens is 3. The van der Waals surface area contributed by atoms with E-state index in [0.29, 0.717) is 24.0 Å². The molecule has 0 aliphatic heterocycles. The molecule has 0 spiro atoms. The van der Waals surface area contributed by atoms with Crippen LogP contribution in [0.2, 0.25) is 0 Å². The lowest BCUT2D eigenvalue weighted by Gasteiger charge is -2.21. The fraction of sp³-hybridized carbons (Fsp3) is 0.450. The molecule has 2 heterocycles. The highest BCUT2D eigenvalue weighted by atomic mass is 35.5. The van der Waals surface area contributed by atoms with Crippen LogP contribution in [0.1, 0.15) is 29.4 Å². The lowest BCUT2D eigenvalue weighted by atomic mass is 10.2. The molecule has 0 saturated heterocycles. The second kappa shape index (κ2) is 10.0. The van der Waals surface area contributed by atoms with Gasteiger partial charge < -0.3 is 9.64 Å². The van der Waals surface area contributed by atoms with E-state index in [2.05, 4.69) is 10.00 Å². The summed E-state index contributed by atoms with van der Waals surface area (Å²) >= 11 is 1.51. The van der Waals surface area contributed by atoms with Crippen molar-refractivity contribution in [1.29, 1.82) is 0 Å². The Kier molecular flexibility index (Phi) is 8.01. The molecule has 0 N–H and O–H groups in total. The van der Waals surface area contributed by atoms with Crippen LogP contribution in [0.3, 0.4) is 0 Å². The molecule has 3 rings (SSSR count). The van der Waals surface area contributed by atoms with Crippen LogP contribution in [-0.2, 0) is 7.05 Å². The van der Waals surface area contributed by atoms with Gasteiger partial charge in [-0.2, -0.15) is 5.10 Å². The van der Waals surface area contributed by atoms with Crippen LogP contribution in [0.25, 0.3) is 10.2 Å². The number of ether oxygens (including phenoxy) is 1. The first-order valence-electron chi connectivity index (χ1n) is 9.39. The SMILES string of the molecule is CCOc1ccc2nc(N(CCCN(C)C)C(=O)c3c(C)cnn3C)sc2c1.Cl. The average Bonchev–Trinajstić information content (AvgIpc) is 3.20. The van der Waals surface area contributed by atoms with Gasteiger partial charge in [-0.25, -0.2) is 4.98 Å². The predicted molar refractivity (Wildman–Crippen MR) is 121 cm³/mol. The van der Waals surface area contributed by atoms with E-state index >= 15 is 0 Å². The third-order valence-electron chi connectivity index (χ3n) is 4.45. The Labute approximate surface area is 181 Å². The third kappa shape index (κ3) is 5.26. The summed E-state index contributed by atoms with van der Waals surface area (Å²) in [4.78, 5) is 22.0. The zero-order chi connectivity index (χ0) is 20.3. The molecule has 0 fully saturated rings. The van der Waals surface area contributed by atoms with Crippen LogP contribution in [0, 0.1) is 6.92 Å². The Morgan fingerprint density at radius 2 is 2.03 bits per heavy atom. The molecular weight excluding hydrogens is 410 g/mol. The smallest absolute Gasteiger partial charge is 0.278 e. The minimum absolute atomic E-state index is 0. The lowest BCUT2D eigenvalue weighted by molar-refractivity contribution is 0.0976. The summed E-state index contributed by atoms with van der Waals surface area (Å²) in [5, 5.41) is 4.93. The van der Waals surface area contributed by atoms with E-state index in [1.54, 1.807) is 22.8 Å². The first-order chi connectivity index (χ1) is 13.4. The van der Waals surface area contributed by atoms with Gasteiger partial charge in [-0.05, 0) is 64.7 Å². The van der Waals surface area contributed by atoms with Crippen molar-refractivity contribution in [1.82, 2.24) is 19.7 Å². The molecule has 1 amide bonds. The fourth-order valence-electron chi connectivity index (χ4n) is 3.08. The van der Waals surface area contributed by atoms with Crippen molar-refractivity contribution in [2.45, 2.75) is 20.3 Å². The molecule has 0 aliphatic carbocycles. The Morgan fingerprint density at radius 3 is 2.66 bits per heavy atom. The summed E-state index contributed by atoms with van der Waals surface area (Å²) in [6, 6.07) is 5.84. The van der Waals surface area contributed by atoms with Crippen molar-refractivity contribution < 1.29 is 9.53 Å². The van der Waals surface area contributed by atoms with Gasteiger partial charge in [0.05, 0.1) is 23.0 Å². The van der Waals surface area contributed by atoms with Gasteiger partial charge in [0.2, 0.25) is 0 Å². The molecule has 0 bridgehead atoms. The summed E-state index contributed by atoms with van der Waals surface area (Å²) in [7, 11) is 5.86. The first kappa shape index (κ1) is 23.1. The number of benzene rings is 1. The lowest BCUT2D eigenvalue weighted by Crippen LogP contribution is -2.35. The van der Waals surface area contributed by atoms with Crippen molar-refractivity contribution in [2.24, 2.45) is 7.05 Å². The number of anilines is 1. The minimum Gasteiger partial charge on any atom is -0.494 e. The van der Waals surface area contributed by atoms with Gasteiger partial charge in [0.1, 0.15) is 11.4 Å². The van der Waals surface area contributed by atoms with E-state index < -0.39 is 0 Å². The normalized spacial score (nSPS) is 11.0. The number of amides is 1. The quantitative estimate of drug-likeness (QED) is 0.537. The number of hydrogen-bond donors (Lipinski definition) is 0. The molecule has 0 radical (unpaired) electrons. The second-order valence-electron chi connectivity index (χ2n) is 6.97. The van der Waals surface area contributed by atoms with Gasteiger partial charge >= 0.3 is 0 Å². The van der Waals surface area contributed by atoms with E-state index in [0.717, 1.165) is 34.5 Å². The van der Waals surface area contributed by atoms with Crippen LogP contribution < -0.4 is 9.64 Å². The summed E-state index contributed by atoms with van der Waals surface area (Å²) in [6.45, 7) is 5.98. The number of aryl methyl sites for hydroxylation is 2. The highest BCUT2D eigenvalue weighted by Crippen LogP contribution is 2.32. The highest BCUT2D eigenvalue weighted by Gasteiger charge is 2.25. The molecule has 0 atom stereocenters. The van der Waals surface area contributed by atoms with Crippen molar-refractivity contribution in [2.75, 3.05) is 38.7 Å². The zero-order valence-corrected chi connectivity index (χ0v) is 19.1. The monoisotopic (exact) mass is 437 g/mol. The van der Waals surface area contributed by atoms with Crippen molar-refractivity contribution in [3.8, 4) is 5.75 Å². The van der Waals surface area contributed by atoms with Crippen molar-refractivity contribution in [3.63, 3.8) is 0 Å². The highest BCUT2D eigenvalue weighted by molar-refractivity contribution is 7.22. The molecule has 29 heavy (non-hydrogen) atoms. The number of nitrogens with zero attached hydrogens (tertiary/aromatic N) is 5.